The molecule has 0 saturated carbocycles. The molecule has 5 aromatic rings. The Balaban J connectivity index is 1.22. The molecule has 0 aliphatic heterocycles. The third kappa shape index (κ3) is 7.15. The Kier molecular flexibility index (Phi) is 8.81. The molecule has 0 radical (unpaired) electrons. The second-order valence-electron chi connectivity index (χ2n) is 10.4. The van der Waals surface area contributed by atoms with Crippen LogP contribution in [0, 0.1) is 6.92 Å². The van der Waals surface area contributed by atoms with E-state index in [1.807, 2.05) is 37.4 Å². The van der Waals surface area contributed by atoms with E-state index in [0.717, 1.165) is 29.1 Å². The monoisotopic (exact) mass is 593 g/mol. The lowest BCUT2D eigenvalue weighted by Gasteiger charge is -2.20. The zero-order chi connectivity index (χ0) is 31.3. The second-order valence-corrected chi connectivity index (χ2v) is 10.4. The van der Waals surface area contributed by atoms with Crippen molar-refractivity contribution in [2.45, 2.75) is 19.6 Å². The number of benzene rings is 5. The van der Waals surface area contributed by atoms with Gasteiger partial charge in [0.2, 0.25) is 0 Å². The van der Waals surface area contributed by atoms with Crippen molar-refractivity contribution >= 4 is 28.9 Å². The maximum Gasteiger partial charge on any atom is 0.416 e. The van der Waals surface area contributed by atoms with Crippen LogP contribution in [0.1, 0.15) is 37.4 Å². The molecule has 0 heterocycles. The van der Waals surface area contributed by atoms with Crippen molar-refractivity contribution < 1.29 is 22.8 Å². The molecule has 5 aromatic carbocycles. The van der Waals surface area contributed by atoms with Gasteiger partial charge >= 0.3 is 6.18 Å². The van der Waals surface area contributed by atoms with Crippen molar-refractivity contribution in [1.29, 1.82) is 0 Å². The minimum absolute atomic E-state index is 0.290. The SMILES string of the molecule is Cc1cccc(N(C)c2ccc(CNC(=O)c3cccc(NC(=O)c4ccccc4-c4ccc(C(F)(F)F)cc4)c3)cc2)c1. The Morgan fingerprint density at radius 1 is 0.727 bits per heavy atom. The van der Waals surface area contributed by atoms with Crippen LogP contribution in [0.3, 0.4) is 0 Å². The van der Waals surface area contributed by atoms with Crippen LogP contribution in [0.25, 0.3) is 11.1 Å². The van der Waals surface area contributed by atoms with E-state index < -0.39 is 17.6 Å². The Labute approximate surface area is 254 Å². The number of rotatable bonds is 8. The number of alkyl halides is 3. The fourth-order valence-corrected chi connectivity index (χ4v) is 4.82. The first-order chi connectivity index (χ1) is 21.1. The Morgan fingerprint density at radius 3 is 2.14 bits per heavy atom. The largest absolute Gasteiger partial charge is 0.416 e. The molecule has 44 heavy (non-hydrogen) atoms. The van der Waals surface area contributed by atoms with Gasteiger partial charge in [0, 0.05) is 41.8 Å². The zero-order valence-corrected chi connectivity index (χ0v) is 24.2. The molecule has 0 fully saturated rings. The predicted octanol–water partition coefficient (Wildman–Crippen LogP) is 8.63. The molecule has 5 rings (SSSR count). The topological polar surface area (TPSA) is 61.4 Å². The first-order valence-electron chi connectivity index (χ1n) is 13.9. The van der Waals surface area contributed by atoms with Gasteiger partial charge in [0.25, 0.3) is 11.8 Å². The summed E-state index contributed by atoms with van der Waals surface area (Å²) in [4.78, 5) is 28.3. The average molecular weight is 594 g/mol. The molecule has 0 aliphatic carbocycles. The van der Waals surface area contributed by atoms with Gasteiger partial charge in [-0.25, -0.2) is 0 Å². The lowest BCUT2D eigenvalue weighted by molar-refractivity contribution is -0.137. The molecule has 0 unspecified atom stereocenters. The summed E-state index contributed by atoms with van der Waals surface area (Å²) < 4.78 is 39.0. The van der Waals surface area contributed by atoms with Crippen LogP contribution >= 0.6 is 0 Å². The van der Waals surface area contributed by atoms with Crippen LogP contribution < -0.4 is 15.5 Å². The van der Waals surface area contributed by atoms with Crippen LogP contribution in [0.15, 0.2) is 121 Å². The molecule has 0 saturated heterocycles. The number of amides is 2. The number of aryl methyl sites for hydroxylation is 1. The van der Waals surface area contributed by atoms with Crippen LogP contribution in [-0.2, 0) is 12.7 Å². The smallest absolute Gasteiger partial charge is 0.348 e. The van der Waals surface area contributed by atoms with Crippen molar-refractivity contribution in [3.05, 3.63) is 149 Å². The maximum atomic E-state index is 13.2. The van der Waals surface area contributed by atoms with Gasteiger partial charge in [-0.2, -0.15) is 13.2 Å². The average Bonchev–Trinajstić information content (AvgIpc) is 3.03. The molecule has 2 amide bonds. The van der Waals surface area contributed by atoms with E-state index in [4.69, 9.17) is 0 Å². The van der Waals surface area contributed by atoms with Crippen LogP contribution in [0.5, 0.6) is 0 Å². The van der Waals surface area contributed by atoms with Crippen LogP contribution in [-0.4, -0.2) is 18.9 Å². The fraction of sp³-hybridized carbons (Fsp3) is 0.111. The highest BCUT2D eigenvalue weighted by Gasteiger charge is 2.30. The molecular formula is C36H30F3N3O2. The molecule has 0 bridgehead atoms. The van der Waals surface area contributed by atoms with Gasteiger partial charge in [-0.3, -0.25) is 9.59 Å². The molecule has 222 valence electrons. The van der Waals surface area contributed by atoms with Gasteiger partial charge in [0.15, 0.2) is 0 Å². The Bertz CT molecular complexity index is 1780. The quantitative estimate of drug-likeness (QED) is 0.189. The summed E-state index contributed by atoms with van der Waals surface area (Å²) in [5, 5.41) is 5.72. The molecular weight excluding hydrogens is 563 g/mol. The van der Waals surface area contributed by atoms with E-state index in [-0.39, 0.29) is 5.91 Å². The number of hydrogen-bond donors (Lipinski definition) is 2. The molecule has 0 aliphatic rings. The zero-order valence-electron chi connectivity index (χ0n) is 24.2. The minimum Gasteiger partial charge on any atom is -0.348 e. The maximum absolute atomic E-state index is 13.2. The van der Waals surface area contributed by atoms with Gasteiger partial charge in [0.1, 0.15) is 0 Å². The van der Waals surface area contributed by atoms with Crippen molar-refractivity contribution in [2.24, 2.45) is 0 Å². The standard InChI is InChI=1S/C36H30F3N3O2/c1-24-7-5-10-31(21-24)42(2)30-19-13-25(14-20-30)23-40-34(43)27-8-6-9-29(22-27)41-35(44)33-12-4-3-11-32(33)26-15-17-28(18-16-26)36(37,38)39/h3-22H,23H2,1-2H3,(H,40,43)(H,41,44). The number of carbonyl (C=O) groups excluding carboxylic acids is 2. The van der Waals surface area contributed by atoms with Gasteiger partial charge in [-0.15, -0.1) is 0 Å². The fourth-order valence-electron chi connectivity index (χ4n) is 4.82. The Hall–Kier alpha value is -5.37. The van der Waals surface area contributed by atoms with E-state index in [9.17, 15) is 22.8 Å². The number of nitrogens with zero attached hydrogens (tertiary/aromatic N) is 1. The molecule has 0 aromatic heterocycles. The normalized spacial score (nSPS) is 11.1. The number of halogens is 3. The summed E-state index contributed by atoms with van der Waals surface area (Å²) >= 11 is 0. The van der Waals surface area contributed by atoms with Gasteiger partial charge in [0.05, 0.1) is 5.56 Å². The highest BCUT2D eigenvalue weighted by atomic mass is 19.4. The third-order valence-corrected chi connectivity index (χ3v) is 7.24. The molecule has 2 N–H and O–H groups in total. The minimum atomic E-state index is -4.45. The lowest BCUT2D eigenvalue weighted by atomic mass is 9.98. The summed E-state index contributed by atoms with van der Waals surface area (Å²) in [6.45, 7) is 2.38. The van der Waals surface area contributed by atoms with Gasteiger partial charge < -0.3 is 15.5 Å². The summed E-state index contributed by atoms with van der Waals surface area (Å²) in [5.74, 6) is -0.749. The van der Waals surface area contributed by atoms with E-state index >= 15 is 0 Å². The van der Waals surface area contributed by atoms with Crippen LogP contribution in [0.2, 0.25) is 0 Å². The third-order valence-electron chi connectivity index (χ3n) is 7.24. The molecule has 5 nitrogen and oxygen atoms in total. The number of nitrogens with one attached hydrogen (secondary N) is 2. The number of anilines is 3. The highest BCUT2D eigenvalue weighted by molar-refractivity contribution is 6.09. The lowest BCUT2D eigenvalue weighted by Crippen LogP contribution is -2.23. The van der Waals surface area contributed by atoms with Crippen LogP contribution in [0.4, 0.5) is 30.2 Å². The van der Waals surface area contributed by atoms with E-state index in [2.05, 4.69) is 40.7 Å². The Morgan fingerprint density at radius 2 is 1.43 bits per heavy atom. The molecule has 8 heteroatoms. The molecule has 0 spiro atoms. The van der Waals surface area contributed by atoms with Crippen molar-refractivity contribution in [1.82, 2.24) is 5.32 Å². The second kappa shape index (κ2) is 12.9. The molecule has 0 atom stereocenters. The first kappa shape index (κ1) is 30.1. The summed E-state index contributed by atoms with van der Waals surface area (Å²) in [7, 11) is 2.00. The van der Waals surface area contributed by atoms with E-state index in [1.54, 1.807) is 48.5 Å². The number of carbonyl (C=O) groups is 2. The van der Waals surface area contributed by atoms with Gasteiger partial charge in [-0.05, 0) is 89.8 Å². The number of hydrogen-bond acceptors (Lipinski definition) is 3. The summed E-state index contributed by atoms with van der Waals surface area (Å²) in [6, 6.07) is 34.1. The van der Waals surface area contributed by atoms with Crippen molar-refractivity contribution in [3.63, 3.8) is 0 Å². The highest BCUT2D eigenvalue weighted by Crippen LogP contribution is 2.32. The van der Waals surface area contributed by atoms with Gasteiger partial charge in [-0.1, -0.05) is 60.7 Å². The summed E-state index contributed by atoms with van der Waals surface area (Å²) in [5.41, 5.74) is 5.50. The predicted molar refractivity (Wildman–Crippen MR) is 168 cm³/mol. The summed E-state index contributed by atoms with van der Waals surface area (Å²) in [6.07, 6.45) is -4.45. The van der Waals surface area contributed by atoms with Crippen molar-refractivity contribution in [3.8, 4) is 11.1 Å². The van der Waals surface area contributed by atoms with E-state index in [0.29, 0.717) is 34.5 Å². The van der Waals surface area contributed by atoms with E-state index in [1.165, 1.54) is 17.7 Å². The first-order valence-corrected chi connectivity index (χ1v) is 13.9. The van der Waals surface area contributed by atoms with Crippen molar-refractivity contribution in [2.75, 3.05) is 17.3 Å².